The Morgan fingerprint density at radius 2 is 1.73 bits per heavy atom. The highest BCUT2D eigenvalue weighted by Gasteiger charge is 2.15. The van der Waals surface area contributed by atoms with Gasteiger partial charge in [-0.1, -0.05) is 71.0 Å². The molecule has 4 heteroatoms. The van der Waals surface area contributed by atoms with Crippen molar-refractivity contribution in [3.63, 3.8) is 0 Å². The van der Waals surface area contributed by atoms with E-state index in [2.05, 4.69) is 77.1 Å². The fourth-order valence-electron chi connectivity index (χ4n) is 2.84. The third-order valence-electron chi connectivity index (χ3n) is 4.81. The molecule has 0 saturated carbocycles. The maximum Gasteiger partial charge on any atom is 0.193 e. The number of halogens is 1. The van der Waals surface area contributed by atoms with E-state index in [-0.39, 0.29) is 23.8 Å². The Labute approximate surface area is 164 Å². The molecule has 1 unspecified atom stereocenters. The number of nitrogens with two attached hydrogens (primary N) is 1. The zero-order valence-electron chi connectivity index (χ0n) is 16.5. The minimum atomic E-state index is 0. The average Bonchev–Trinajstić information content (AvgIpc) is 2.58. The van der Waals surface area contributed by atoms with Gasteiger partial charge in [0.25, 0.3) is 0 Å². The quantitative estimate of drug-likeness (QED) is 0.512. The Bertz CT molecular complexity index is 717. The molecule has 1 atom stereocenters. The molecule has 26 heavy (non-hydrogen) atoms. The van der Waals surface area contributed by atoms with Crippen molar-refractivity contribution in [3.05, 3.63) is 65.2 Å². The molecule has 0 spiro atoms. The first kappa shape index (κ1) is 22.0. The number of rotatable bonds is 5. The topological polar surface area (TPSA) is 53.1 Å². The highest BCUT2D eigenvalue weighted by molar-refractivity contribution is 5.92. The predicted octanol–water partition coefficient (Wildman–Crippen LogP) is 5.82. The largest absolute Gasteiger partial charge is 0.370 e. The number of hydrogen-bond acceptors (Lipinski definition) is 1. The third-order valence-corrected chi connectivity index (χ3v) is 4.81. The maximum absolute atomic E-state index is 8.01. The van der Waals surface area contributed by atoms with Gasteiger partial charge < -0.3 is 10.6 Å². The number of anilines is 1. The van der Waals surface area contributed by atoms with Crippen molar-refractivity contribution in [2.75, 3.05) is 4.90 Å². The second-order valence-corrected chi connectivity index (χ2v) is 7.82. The van der Waals surface area contributed by atoms with E-state index >= 15 is 0 Å². The molecule has 142 valence electrons. The molecule has 3 nitrogen and oxygen atoms in total. The number of nitrogens with one attached hydrogen (secondary N) is 1. The van der Waals surface area contributed by atoms with E-state index in [1.165, 1.54) is 11.1 Å². The first-order valence-electron chi connectivity index (χ1n) is 9.03. The van der Waals surface area contributed by atoms with Crippen LogP contribution in [-0.4, -0.2) is 5.96 Å². The van der Waals surface area contributed by atoms with Crippen LogP contribution in [0.1, 0.15) is 63.6 Å². The van der Waals surface area contributed by atoms with Gasteiger partial charge in [0.05, 0.1) is 6.54 Å². The maximum atomic E-state index is 8.01. The fraction of sp³-hybridized carbons (Fsp3) is 0.409. The molecule has 0 saturated heterocycles. The van der Waals surface area contributed by atoms with Crippen LogP contribution < -0.4 is 10.6 Å². The summed E-state index contributed by atoms with van der Waals surface area (Å²) in [6, 6.07) is 17.0. The van der Waals surface area contributed by atoms with Crippen LogP contribution in [0.3, 0.4) is 0 Å². The lowest BCUT2D eigenvalue weighted by Crippen LogP contribution is -2.36. The van der Waals surface area contributed by atoms with E-state index in [9.17, 15) is 0 Å². The van der Waals surface area contributed by atoms with E-state index in [1.807, 2.05) is 11.0 Å². The molecule has 0 bridgehead atoms. The Morgan fingerprint density at radius 3 is 2.23 bits per heavy atom. The minimum absolute atomic E-state index is 0. The van der Waals surface area contributed by atoms with Crippen molar-refractivity contribution in [3.8, 4) is 0 Å². The standard InChI is InChI=1S/C22H31N3.ClH/c1-6-16(2)18-8-7-9-20(14-18)25(21(23)24)15-17-10-12-19(13-11-17)22(3,4)5;/h7-14,16H,6,15H2,1-5H3,(H3,23,24);1H. The van der Waals surface area contributed by atoms with Crippen LogP contribution in [0.4, 0.5) is 5.69 Å². The van der Waals surface area contributed by atoms with Gasteiger partial charge in [-0.25, -0.2) is 0 Å². The van der Waals surface area contributed by atoms with E-state index in [4.69, 9.17) is 11.1 Å². The van der Waals surface area contributed by atoms with Crippen LogP contribution in [0.2, 0.25) is 0 Å². The van der Waals surface area contributed by atoms with Gasteiger partial charge in [-0.05, 0) is 46.6 Å². The summed E-state index contributed by atoms with van der Waals surface area (Å²) in [5.74, 6) is 0.570. The molecule has 0 aliphatic rings. The third kappa shape index (κ3) is 5.50. The predicted molar refractivity (Wildman–Crippen MR) is 116 cm³/mol. The van der Waals surface area contributed by atoms with Gasteiger partial charge in [-0.2, -0.15) is 0 Å². The van der Waals surface area contributed by atoms with Crippen molar-refractivity contribution in [2.24, 2.45) is 5.73 Å². The molecule has 0 aliphatic carbocycles. The van der Waals surface area contributed by atoms with E-state index in [0.29, 0.717) is 12.5 Å². The van der Waals surface area contributed by atoms with Crippen molar-refractivity contribution < 1.29 is 0 Å². The van der Waals surface area contributed by atoms with Crippen LogP contribution in [0, 0.1) is 5.41 Å². The van der Waals surface area contributed by atoms with Gasteiger partial charge in [-0.3, -0.25) is 5.41 Å². The molecular weight excluding hydrogens is 342 g/mol. The molecule has 2 rings (SSSR count). The molecule has 0 heterocycles. The Morgan fingerprint density at radius 1 is 1.12 bits per heavy atom. The average molecular weight is 374 g/mol. The molecular formula is C22H32ClN3. The summed E-state index contributed by atoms with van der Waals surface area (Å²) in [7, 11) is 0. The van der Waals surface area contributed by atoms with Crippen molar-refractivity contribution >= 4 is 24.1 Å². The van der Waals surface area contributed by atoms with Gasteiger partial charge in [0.15, 0.2) is 5.96 Å². The number of nitrogens with zero attached hydrogens (tertiary/aromatic N) is 1. The summed E-state index contributed by atoms with van der Waals surface area (Å²) < 4.78 is 0. The van der Waals surface area contributed by atoms with Crippen molar-refractivity contribution in [1.29, 1.82) is 5.41 Å². The zero-order chi connectivity index (χ0) is 18.6. The fourth-order valence-corrected chi connectivity index (χ4v) is 2.84. The van der Waals surface area contributed by atoms with Gasteiger partial charge in [-0.15, -0.1) is 12.4 Å². The van der Waals surface area contributed by atoms with Crippen molar-refractivity contribution in [2.45, 2.75) is 58.9 Å². The van der Waals surface area contributed by atoms with Gasteiger partial charge in [0.1, 0.15) is 0 Å². The van der Waals surface area contributed by atoms with E-state index in [1.54, 1.807) is 0 Å². The summed E-state index contributed by atoms with van der Waals surface area (Å²) in [5, 5.41) is 8.01. The molecule has 0 amide bonds. The molecule has 3 N–H and O–H groups in total. The Hall–Kier alpha value is -2.00. The number of benzene rings is 2. The smallest absolute Gasteiger partial charge is 0.193 e. The second kappa shape index (κ2) is 9.09. The molecule has 0 fully saturated rings. The molecule has 0 radical (unpaired) electrons. The first-order chi connectivity index (χ1) is 11.7. The molecule has 2 aromatic carbocycles. The van der Waals surface area contributed by atoms with Crippen LogP contribution in [0.15, 0.2) is 48.5 Å². The lowest BCUT2D eigenvalue weighted by molar-refractivity contribution is 0.590. The molecule has 0 aromatic heterocycles. The van der Waals surface area contributed by atoms with E-state index in [0.717, 1.165) is 17.7 Å². The summed E-state index contributed by atoms with van der Waals surface area (Å²) in [4.78, 5) is 1.86. The summed E-state index contributed by atoms with van der Waals surface area (Å²) in [6.07, 6.45) is 1.10. The van der Waals surface area contributed by atoms with Crippen LogP contribution >= 0.6 is 12.4 Å². The van der Waals surface area contributed by atoms with Gasteiger partial charge in [0, 0.05) is 5.69 Å². The Kier molecular flexibility index (Phi) is 7.70. The highest BCUT2D eigenvalue weighted by atomic mass is 35.5. The van der Waals surface area contributed by atoms with Gasteiger partial charge in [0.2, 0.25) is 0 Å². The number of hydrogen-bond donors (Lipinski definition) is 2. The van der Waals surface area contributed by atoms with E-state index < -0.39 is 0 Å². The van der Waals surface area contributed by atoms with Crippen LogP contribution in [0.25, 0.3) is 0 Å². The van der Waals surface area contributed by atoms with Crippen molar-refractivity contribution in [1.82, 2.24) is 0 Å². The summed E-state index contributed by atoms with van der Waals surface area (Å²) >= 11 is 0. The molecule has 0 aliphatic heterocycles. The van der Waals surface area contributed by atoms with Gasteiger partial charge >= 0.3 is 0 Å². The summed E-state index contributed by atoms with van der Waals surface area (Å²) in [5.41, 5.74) is 10.7. The molecule has 2 aromatic rings. The SMILES string of the molecule is CCC(C)c1cccc(N(Cc2ccc(C(C)(C)C)cc2)C(=N)N)c1.Cl. The second-order valence-electron chi connectivity index (χ2n) is 7.82. The Balaban J connectivity index is 0.00000338. The lowest BCUT2D eigenvalue weighted by atomic mass is 9.87. The highest BCUT2D eigenvalue weighted by Crippen LogP contribution is 2.26. The zero-order valence-corrected chi connectivity index (χ0v) is 17.4. The number of guanidine groups is 1. The normalized spacial score (nSPS) is 12.2. The first-order valence-corrected chi connectivity index (χ1v) is 9.03. The summed E-state index contributed by atoms with van der Waals surface area (Å²) in [6.45, 7) is 11.7. The monoisotopic (exact) mass is 373 g/mol. The van der Waals surface area contributed by atoms with Crippen LogP contribution in [0.5, 0.6) is 0 Å². The lowest BCUT2D eigenvalue weighted by Gasteiger charge is -2.25. The minimum Gasteiger partial charge on any atom is -0.370 e. The van der Waals surface area contributed by atoms with Crippen LogP contribution in [-0.2, 0) is 12.0 Å².